The van der Waals surface area contributed by atoms with Crippen LogP contribution < -0.4 is 20.5 Å². The van der Waals surface area contributed by atoms with E-state index in [0.717, 1.165) is 25.3 Å². The molecule has 39 heavy (non-hydrogen) atoms. The lowest BCUT2D eigenvalue weighted by Gasteiger charge is -2.29. The van der Waals surface area contributed by atoms with Gasteiger partial charge in [0.15, 0.2) is 0 Å². The number of rotatable bonds is 6. The lowest BCUT2D eigenvalue weighted by molar-refractivity contribution is -0.198. The quantitative estimate of drug-likeness (QED) is 0.322. The number of nitrogens with two attached hydrogens (primary N) is 1. The summed E-state index contributed by atoms with van der Waals surface area (Å²) < 4.78 is 55.0. The Bertz CT molecular complexity index is 1410. The van der Waals surface area contributed by atoms with E-state index in [4.69, 9.17) is 26.8 Å². The van der Waals surface area contributed by atoms with Crippen LogP contribution in [0.1, 0.15) is 43.0 Å². The molecule has 2 unspecified atom stereocenters. The van der Waals surface area contributed by atoms with Gasteiger partial charge in [-0.3, -0.25) is 0 Å². The molecule has 0 bridgehead atoms. The number of benzene rings is 1. The van der Waals surface area contributed by atoms with Gasteiger partial charge in [0, 0.05) is 23.3 Å². The predicted molar refractivity (Wildman–Crippen MR) is 137 cm³/mol. The number of allylic oxidation sites excluding steroid dienone is 2. The van der Waals surface area contributed by atoms with E-state index in [1.165, 1.54) is 29.1 Å². The Morgan fingerprint density at radius 2 is 2.03 bits per heavy atom. The van der Waals surface area contributed by atoms with Crippen molar-refractivity contribution in [2.45, 2.75) is 50.9 Å². The molecular weight excluding hydrogens is 537 g/mol. The minimum absolute atomic E-state index is 0.0132. The second-order valence-electron chi connectivity index (χ2n) is 9.82. The topological polar surface area (TPSA) is 117 Å². The summed E-state index contributed by atoms with van der Waals surface area (Å²) in [4.78, 5) is 20.5. The van der Waals surface area contributed by atoms with Gasteiger partial charge in [0.25, 0.3) is 0 Å². The number of nitrogens with one attached hydrogen (secondary N) is 1. The fourth-order valence-corrected chi connectivity index (χ4v) is 5.16. The van der Waals surface area contributed by atoms with Crippen molar-refractivity contribution < 1.29 is 27.4 Å². The average Bonchev–Trinajstić information content (AvgIpc) is 3.49. The summed E-state index contributed by atoms with van der Waals surface area (Å²) >= 11 is 6.09. The molecule has 13 heteroatoms. The maximum Gasteiger partial charge on any atom is 0.429 e. The number of ether oxygens (including phenoxy) is 2. The van der Waals surface area contributed by atoms with Gasteiger partial charge in [-0.2, -0.15) is 28.2 Å². The van der Waals surface area contributed by atoms with Crippen LogP contribution in [-0.2, 0) is 4.79 Å². The van der Waals surface area contributed by atoms with Gasteiger partial charge in [-0.15, -0.1) is 0 Å². The first-order valence-electron chi connectivity index (χ1n) is 12.3. The first kappa shape index (κ1) is 26.9. The van der Waals surface area contributed by atoms with Crippen molar-refractivity contribution in [3.05, 3.63) is 65.0 Å². The monoisotopic (exact) mass is 562 g/mol. The first-order valence-corrected chi connectivity index (χ1v) is 12.7. The van der Waals surface area contributed by atoms with E-state index in [1.54, 1.807) is 13.0 Å². The summed E-state index contributed by atoms with van der Waals surface area (Å²) in [5, 5.41) is 7.61. The molecule has 2 aliphatic rings. The molecule has 0 radical (unpaired) electrons. The number of carbonyl (C=O) groups is 1. The van der Waals surface area contributed by atoms with E-state index in [-0.39, 0.29) is 27.6 Å². The zero-order chi connectivity index (χ0) is 27.8. The van der Waals surface area contributed by atoms with Gasteiger partial charge in [-0.05, 0) is 56.2 Å². The van der Waals surface area contributed by atoms with E-state index in [2.05, 4.69) is 32.5 Å². The average molecular weight is 563 g/mol. The molecule has 1 aromatic carbocycles. The van der Waals surface area contributed by atoms with Gasteiger partial charge in [-0.1, -0.05) is 29.8 Å². The van der Waals surface area contributed by atoms with Crippen LogP contribution in [0, 0.1) is 12.3 Å². The van der Waals surface area contributed by atoms with Crippen LogP contribution >= 0.6 is 11.6 Å². The van der Waals surface area contributed by atoms with Gasteiger partial charge in [0.05, 0.1) is 17.4 Å². The van der Waals surface area contributed by atoms with E-state index in [0.29, 0.717) is 18.7 Å². The molecule has 1 saturated heterocycles. The number of halogens is 4. The van der Waals surface area contributed by atoms with Gasteiger partial charge in [-0.25, -0.2) is 9.48 Å². The van der Waals surface area contributed by atoms with Crippen molar-refractivity contribution in [2.24, 2.45) is 5.41 Å². The third kappa shape index (κ3) is 6.01. The van der Waals surface area contributed by atoms with Crippen LogP contribution in [-0.4, -0.2) is 44.5 Å². The van der Waals surface area contributed by atoms with Crippen molar-refractivity contribution in [3.8, 4) is 17.4 Å². The molecule has 1 fully saturated rings. The van der Waals surface area contributed by atoms with Gasteiger partial charge < -0.3 is 20.5 Å². The molecule has 5 rings (SSSR count). The van der Waals surface area contributed by atoms with Crippen molar-refractivity contribution in [2.75, 3.05) is 12.3 Å². The zero-order valence-electron chi connectivity index (χ0n) is 20.9. The third-order valence-electron chi connectivity index (χ3n) is 6.89. The van der Waals surface area contributed by atoms with E-state index < -0.39 is 36.1 Å². The molecule has 3 N–H and O–H groups in total. The molecule has 1 aliphatic heterocycles. The molecule has 0 amide bonds. The van der Waals surface area contributed by atoms with Crippen LogP contribution in [0.3, 0.4) is 0 Å². The SMILES string of the molecule is Cc1ccn(-c2cc(Cl)ccc2[C@@H](Oc2cc(OC(=O)C3CC4(CC=CCC4)CN3)nc(N)n2)C(F)(F)F)n1. The van der Waals surface area contributed by atoms with E-state index >= 15 is 0 Å². The highest BCUT2D eigenvalue weighted by molar-refractivity contribution is 6.30. The van der Waals surface area contributed by atoms with Crippen molar-refractivity contribution in [1.29, 1.82) is 0 Å². The molecular formula is C26H26ClF3N6O3. The summed E-state index contributed by atoms with van der Waals surface area (Å²) in [5.74, 6) is -1.84. The fourth-order valence-electron chi connectivity index (χ4n) is 4.99. The smallest absolute Gasteiger partial charge is 0.429 e. The number of carbonyl (C=O) groups excluding carboxylic acids is 1. The standard InChI is InChI=1S/C26H26ClF3N6O3/c1-15-7-10-36(35-15)19-11-16(27)5-6-17(19)22(26(28,29)30)38-20-12-21(34-24(31)33-20)39-23(37)18-13-25(14-32-18)8-3-2-4-9-25/h2-3,5-7,10-12,18,22,32H,4,8-9,13-14H2,1H3,(H2,31,33,34)/t18?,22-,25?/m1/s1. The number of hydrogen-bond donors (Lipinski definition) is 2. The summed E-state index contributed by atoms with van der Waals surface area (Å²) in [7, 11) is 0. The van der Waals surface area contributed by atoms with Crippen LogP contribution in [0.4, 0.5) is 19.1 Å². The number of nitrogen functional groups attached to an aromatic ring is 1. The molecule has 1 spiro atoms. The number of anilines is 1. The molecule has 206 valence electrons. The Balaban J connectivity index is 1.39. The fraction of sp³-hybridized carbons (Fsp3) is 0.385. The van der Waals surface area contributed by atoms with Crippen molar-refractivity contribution in [1.82, 2.24) is 25.1 Å². The lowest BCUT2D eigenvalue weighted by atomic mass is 9.75. The Hall–Kier alpha value is -3.64. The molecule has 1 aliphatic carbocycles. The largest absolute Gasteiger partial charge is 0.459 e. The van der Waals surface area contributed by atoms with Crippen molar-refractivity contribution in [3.63, 3.8) is 0 Å². The second-order valence-corrected chi connectivity index (χ2v) is 10.3. The van der Waals surface area contributed by atoms with Crippen LogP contribution in [0.5, 0.6) is 11.8 Å². The van der Waals surface area contributed by atoms with E-state index in [9.17, 15) is 18.0 Å². The number of hydrogen-bond acceptors (Lipinski definition) is 8. The summed E-state index contributed by atoms with van der Waals surface area (Å²) in [6, 6.07) is 5.97. The summed E-state index contributed by atoms with van der Waals surface area (Å²) in [5.41, 5.74) is 6.14. The Morgan fingerprint density at radius 1 is 1.23 bits per heavy atom. The molecule has 3 atom stereocenters. The Kier molecular flexibility index (Phi) is 7.25. The number of nitrogens with zero attached hydrogens (tertiary/aromatic N) is 4. The van der Waals surface area contributed by atoms with Crippen molar-refractivity contribution >= 4 is 23.5 Å². The normalized spacial score (nSPS) is 21.7. The molecule has 3 heterocycles. The van der Waals surface area contributed by atoms with Crippen LogP contribution in [0.25, 0.3) is 5.69 Å². The minimum Gasteiger partial charge on any atom is -0.459 e. The zero-order valence-corrected chi connectivity index (χ0v) is 21.7. The maximum atomic E-state index is 14.3. The Morgan fingerprint density at radius 3 is 2.72 bits per heavy atom. The minimum atomic E-state index is -4.86. The molecule has 2 aromatic heterocycles. The Labute approximate surface area is 227 Å². The number of alkyl halides is 3. The summed E-state index contributed by atoms with van der Waals surface area (Å²) in [6.07, 6.45) is 1.78. The lowest BCUT2D eigenvalue weighted by Crippen LogP contribution is -2.34. The maximum absolute atomic E-state index is 14.3. The third-order valence-corrected chi connectivity index (χ3v) is 7.12. The molecule has 3 aromatic rings. The molecule has 9 nitrogen and oxygen atoms in total. The predicted octanol–water partition coefficient (Wildman–Crippen LogP) is 4.88. The van der Waals surface area contributed by atoms with Crippen LogP contribution in [0.2, 0.25) is 5.02 Å². The number of aromatic nitrogens is 4. The van der Waals surface area contributed by atoms with Gasteiger partial charge in [0.2, 0.25) is 23.8 Å². The highest BCUT2D eigenvalue weighted by atomic mass is 35.5. The highest BCUT2D eigenvalue weighted by Gasteiger charge is 2.45. The van der Waals surface area contributed by atoms with Gasteiger partial charge in [0.1, 0.15) is 6.04 Å². The van der Waals surface area contributed by atoms with Crippen LogP contribution in [0.15, 0.2) is 48.7 Å². The van der Waals surface area contributed by atoms with E-state index in [1.807, 2.05) is 0 Å². The number of aryl methyl sites for hydroxylation is 1. The second kappa shape index (κ2) is 10.5. The molecule has 0 saturated carbocycles. The first-order chi connectivity index (χ1) is 18.5. The van der Waals surface area contributed by atoms with Gasteiger partial charge >= 0.3 is 12.1 Å². The highest BCUT2D eigenvalue weighted by Crippen LogP contribution is 2.42. The summed E-state index contributed by atoms with van der Waals surface area (Å²) in [6.45, 7) is 2.38. The number of esters is 1.